The van der Waals surface area contributed by atoms with Gasteiger partial charge in [0.1, 0.15) is 11.3 Å². The average molecular weight is 411 g/mol. The summed E-state index contributed by atoms with van der Waals surface area (Å²) in [5, 5.41) is 0.479. The molecule has 0 fully saturated rings. The van der Waals surface area contributed by atoms with Gasteiger partial charge in [-0.1, -0.05) is 54.6 Å². The van der Waals surface area contributed by atoms with Gasteiger partial charge in [0.2, 0.25) is 5.76 Å². The van der Waals surface area contributed by atoms with Crippen molar-refractivity contribution in [3.63, 3.8) is 0 Å². The molecule has 5 heteroatoms. The molecule has 1 amide bonds. The molecule has 0 aliphatic carbocycles. The zero-order valence-corrected chi connectivity index (χ0v) is 17.1. The number of benzene rings is 3. The highest BCUT2D eigenvalue weighted by Crippen LogP contribution is 2.39. The Kier molecular flexibility index (Phi) is 4.79. The number of amides is 1. The largest absolute Gasteiger partial charge is 0.497 e. The molecule has 4 aromatic rings. The van der Waals surface area contributed by atoms with E-state index >= 15 is 0 Å². The summed E-state index contributed by atoms with van der Waals surface area (Å²) in [6, 6.07) is 24.0. The van der Waals surface area contributed by atoms with Crippen LogP contribution in [-0.4, -0.2) is 24.5 Å². The van der Waals surface area contributed by atoms with Crippen LogP contribution in [0.15, 0.2) is 88.1 Å². The molecule has 0 radical (unpaired) electrons. The van der Waals surface area contributed by atoms with E-state index in [-0.39, 0.29) is 17.1 Å². The van der Waals surface area contributed by atoms with Crippen LogP contribution in [0, 0.1) is 0 Å². The smallest absolute Gasteiger partial charge is 0.290 e. The van der Waals surface area contributed by atoms with Crippen LogP contribution < -0.4 is 10.2 Å². The van der Waals surface area contributed by atoms with E-state index in [9.17, 15) is 9.59 Å². The van der Waals surface area contributed by atoms with Crippen molar-refractivity contribution >= 4 is 16.9 Å². The normalized spacial score (nSPS) is 15.3. The van der Waals surface area contributed by atoms with Gasteiger partial charge in [-0.25, -0.2) is 0 Å². The molecule has 5 nitrogen and oxygen atoms in total. The predicted molar refractivity (Wildman–Crippen MR) is 119 cm³/mol. The van der Waals surface area contributed by atoms with Crippen molar-refractivity contribution in [3.8, 4) is 5.75 Å². The molecule has 1 aliphatic rings. The molecule has 0 saturated carbocycles. The lowest BCUT2D eigenvalue weighted by Crippen LogP contribution is -2.31. The van der Waals surface area contributed by atoms with Crippen LogP contribution in [0.1, 0.15) is 33.3 Å². The third-order valence-corrected chi connectivity index (χ3v) is 5.77. The number of hydrogen-bond acceptors (Lipinski definition) is 4. The molecule has 0 spiro atoms. The molecule has 1 aromatic heterocycles. The summed E-state index contributed by atoms with van der Waals surface area (Å²) >= 11 is 0. The van der Waals surface area contributed by atoms with Crippen molar-refractivity contribution < 1.29 is 13.9 Å². The third kappa shape index (κ3) is 3.28. The van der Waals surface area contributed by atoms with Crippen molar-refractivity contribution in [2.45, 2.75) is 12.5 Å². The van der Waals surface area contributed by atoms with E-state index in [1.807, 2.05) is 54.6 Å². The highest BCUT2D eigenvalue weighted by Gasteiger charge is 2.42. The monoisotopic (exact) mass is 411 g/mol. The molecule has 3 aromatic carbocycles. The van der Waals surface area contributed by atoms with Crippen LogP contribution in [0.5, 0.6) is 5.75 Å². The topological polar surface area (TPSA) is 59.8 Å². The molecule has 154 valence electrons. The molecule has 0 unspecified atom stereocenters. The maximum atomic E-state index is 13.5. The fourth-order valence-electron chi connectivity index (χ4n) is 4.25. The Bertz CT molecular complexity index is 1330. The second-order valence-corrected chi connectivity index (χ2v) is 7.58. The van der Waals surface area contributed by atoms with Crippen molar-refractivity contribution in [3.05, 3.63) is 112 Å². The summed E-state index contributed by atoms with van der Waals surface area (Å²) in [5.41, 5.74) is 2.60. The molecule has 2 heterocycles. The van der Waals surface area contributed by atoms with Gasteiger partial charge in [0.05, 0.1) is 24.1 Å². The molecule has 5 rings (SSSR count). The highest BCUT2D eigenvalue weighted by molar-refractivity contribution is 5.99. The SMILES string of the molecule is COc1cccc([C@H]2c3c(oc4ccccc4c3=O)C(=O)N2CCc2ccccc2)c1. The fourth-order valence-corrected chi connectivity index (χ4v) is 4.25. The Hall–Kier alpha value is -3.86. The Morgan fingerprint density at radius 1 is 0.935 bits per heavy atom. The van der Waals surface area contributed by atoms with Crippen LogP contribution in [-0.2, 0) is 6.42 Å². The molecule has 1 aliphatic heterocycles. The molecule has 0 saturated heterocycles. The van der Waals surface area contributed by atoms with E-state index in [0.717, 1.165) is 11.1 Å². The zero-order valence-electron chi connectivity index (χ0n) is 17.1. The summed E-state index contributed by atoms with van der Waals surface area (Å²) < 4.78 is 11.4. The second-order valence-electron chi connectivity index (χ2n) is 7.58. The van der Waals surface area contributed by atoms with E-state index in [4.69, 9.17) is 9.15 Å². The van der Waals surface area contributed by atoms with Gasteiger partial charge >= 0.3 is 0 Å². The maximum absolute atomic E-state index is 13.5. The van der Waals surface area contributed by atoms with E-state index in [2.05, 4.69) is 0 Å². The lowest BCUT2D eigenvalue weighted by atomic mass is 9.98. The first-order chi connectivity index (χ1) is 15.2. The lowest BCUT2D eigenvalue weighted by molar-refractivity contribution is 0.0730. The maximum Gasteiger partial charge on any atom is 0.290 e. The number of methoxy groups -OCH3 is 1. The molecule has 0 bridgehead atoms. The Morgan fingerprint density at radius 2 is 1.71 bits per heavy atom. The van der Waals surface area contributed by atoms with Crippen molar-refractivity contribution in [1.82, 2.24) is 4.90 Å². The summed E-state index contributed by atoms with van der Waals surface area (Å²) in [6.45, 7) is 0.463. The Balaban J connectivity index is 1.65. The molecular formula is C26H21NO4. The van der Waals surface area contributed by atoms with Gasteiger partial charge in [0, 0.05) is 6.54 Å². The Morgan fingerprint density at radius 3 is 2.52 bits per heavy atom. The molecule has 0 N–H and O–H groups in total. The summed E-state index contributed by atoms with van der Waals surface area (Å²) in [4.78, 5) is 28.6. The molecular weight excluding hydrogens is 390 g/mol. The number of nitrogens with zero attached hydrogens (tertiary/aromatic N) is 1. The molecule has 31 heavy (non-hydrogen) atoms. The first kappa shape index (κ1) is 19.1. The number of para-hydroxylation sites is 1. The minimum absolute atomic E-state index is 0.129. The minimum Gasteiger partial charge on any atom is -0.497 e. The number of ether oxygens (including phenoxy) is 1. The van der Waals surface area contributed by atoms with Crippen molar-refractivity contribution in [1.29, 1.82) is 0 Å². The van der Waals surface area contributed by atoms with Crippen LogP contribution >= 0.6 is 0 Å². The highest BCUT2D eigenvalue weighted by atomic mass is 16.5. The predicted octanol–water partition coefficient (Wildman–Crippen LogP) is 4.59. The van der Waals surface area contributed by atoms with Gasteiger partial charge in [0.25, 0.3) is 5.91 Å². The Labute approximate surface area is 179 Å². The van der Waals surface area contributed by atoms with E-state index in [0.29, 0.717) is 35.2 Å². The quantitative estimate of drug-likeness (QED) is 0.482. The van der Waals surface area contributed by atoms with Gasteiger partial charge in [0.15, 0.2) is 5.43 Å². The number of fused-ring (bicyclic) bond motifs is 2. The first-order valence-corrected chi connectivity index (χ1v) is 10.2. The summed E-state index contributed by atoms with van der Waals surface area (Å²) in [5.74, 6) is 0.540. The fraction of sp³-hybridized carbons (Fsp3) is 0.154. The van der Waals surface area contributed by atoms with Gasteiger partial charge < -0.3 is 14.1 Å². The van der Waals surface area contributed by atoms with E-state index < -0.39 is 6.04 Å². The number of rotatable bonds is 5. The van der Waals surface area contributed by atoms with Crippen molar-refractivity contribution in [2.24, 2.45) is 0 Å². The third-order valence-electron chi connectivity index (χ3n) is 5.77. The second kappa shape index (κ2) is 7.76. The first-order valence-electron chi connectivity index (χ1n) is 10.2. The summed E-state index contributed by atoms with van der Waals surface area (Å²) in [7, 11) is 1.60. The van der Waals surface area contributed by atoms with Gasteiger partial charge in [-0.3, -0.25) is 9.59 Å². The minimum atomic E-state index is -0.526. The van der Waals surface area contributed by atoms with Crippen LogP contribution in [0.4, 0.5) is 0 Å². The lowest BCUT2D eigenvalue weighted by Gasteiger charge is -2.25. The van der Waals surface area contributed by atoms with Gasteiger partial charge in [-0.05, 0) is 41.8 Å². The van der Waals surface area contributed by atoms with Crippen LogP contribution in [0.2, 0.25) is 0 Å². The van der Waals surface area contributed by atoms with Gasteiger partial charge in [-0.15, -0.1) is 0 Å². The summed E-state index contributed by atoms with van der Waals surface area (Å²) in [6.07, 6.45) is 0.675. The number of carbonyl (C=O) groups is 1. The van der Waals surface area contributed by atoms with Gasteiger partial charge in [-0.2, -0.15) is 0 Å². The zero-order chi connectivity index (χ0) is 21.4. The average Bonchev–Trinajstić information content (AvgIpc) is 3.10. The molecule has 1 atom stereocenters. The number of carbonyl (C=O) groups excluding carboxylic acids is 1. The van der Waals surface area contributed by atoms with E-state index in [1.165, 1.54) is 0 Å². The van der Waals surface area contributed by atoms with Crippen molar-refractivity contribution in [2.75, 3.05) is 13.7 Å². The van der Waals surface area contributed by atoms with E-state index in [1.54, 1.807) is 36.3 Å². The number of hydrogen-bond donors (Lipinski definition) is 0. The van der Waals surface area contributed by atoms with Crippen LogP contribution in [0.3, 0.4) is 0 Å². The van der Waals surface area contributed by atoms with Crippen LogP contribution in [0.25, 0.3) is 11.0 Å². The standard InChI is InChI=1S/C26H21NO4/c1-30-19-11-7-10-18(16-19)23-22-24(28)20-12-5-6-13-21(20)31-25(22)26(29)27(23)15-14-17-8-3-2-4-9-17/h2-13,16,23H,14-15H2,1H3/t23-/m0/s1.